The first kappa shape index (κ1) is 26.4. The highest BCUT2D eigenvalue weighted by Crippen LogP contribution is 2.41. The number of sulfonamides is 1. The molecule has 2 atom stereocenters. The minimum atomic E-state index is -3.16. The Balaban J connectivity index is 1.32. The first-order valence-corrected chi connectivity index (χ1v) is 15.9. The molecule has 39 heavy (non-hydrogen) atoms. The zero-order chi connectivity index (χ0) is 27.1. The molecule has 3 aliphatic rings. The van der Waals surface area contributed by atoms with Gasteiger partial charge in [0.05, 0.1) is 41.8 Å². The molecule has 2 amide bonds. The summed E-state index contributed by atoms with van der Waals surface area (Å²) in [6, 6.07) is 10.1. The van der Waals surface area contributed by atoms with Gasteiger partial charge in [0.1, 0.15) is 0 Å². The minimum absolute atomic E-state index is 0.269. The molecule has 0 spiro atoms. The number of hydrogen-bond acceptors (Lipinski definition) is 9. The second kappa shape index (κ2) is 10.6. The summed E-state index contributed by atoms with van der Waals surface area (Å²) in [6.45, 7) is 4.61. The number of morpholine rings is 1. The van der Waals surface area contributed by atoms with E-state index in [0.29, 0.717) is 63.0 Å². The third-order valence-electron chi connectivity index (χ3n) is 7.70. The van der Waals surface area contributed by atoms with Crippen molar-refractivity contribution in [1.82, 2.24) is 24.5 Å². The molecule has 3 aliphatic heterocycles. The van der Waals surface area contributed by atoms with Crippen molar-refractivity contribution in [2.75, 3.05) is 62.9 Å². The van der Waals surface area contributed by atoms with E-state index in [4.69, 9.17) is 14.7 Å². The van der Waals surface area contributed by atoms with E-state index in [1.54, 1.807) is 22.7 Å². The van der Waals surface area contributed by atoms with Crippen molar-refractivity contribution in [3.63, 3.8) is 0 Å². The van der Waals surface area contributed by atoms with Crippen molar-refractivity contribution in [1.29, 1.82) is 0 Å². The number of benzene rings is 1. The maximum Gasteiger partial charge on any atom is 0.318 e. The number of piperazine rings is 1. The van der Waals surface area contributed by atoms with Gasteiger partial charge in [0.25, 0.3) is 0 Å². The van der Waals surface area contributed by atoms with Gasteiger partial charge in [-0.3, -0.25) is 4.90 Å². The van der Waals surface area contributed by atoms with Crippen molar-refractivity contribution in [3.8, 4) is 11.4 Å². The zero-order valence-corrected chi connectivity index (χ0v) is 23.7. The molecule has 1 aromatic carbocycles. The summed E-state index contributed by atoms with van der Waals surface area (Å²) in [5.41, 5.74) is 2.49. The van der Waals surface area contributed by atoms with E-state index in [9.17, 15) is 13.2 Å². The van der Waals surface area contributed by atoms with Crippen LogP contribution < -0.4 is 15.5 Å². The topological polar surface area (TPSA) is 120 Å². The molecule has 0 saturated carbocycles. The van der Waals surface area contributed by atoms with Crippen LogP contribution in [0.4, 0.5) is 16.3 Å². The number of nitrogens with zero attached hydrogens (tertiary/aromatic N) is 5. The molecule has 5 heterocycles. The van der Waals surface area contributed by atoms with Gasteiger partial charge in [0.15, 0.2) is 11.6 Å². The third-order valence-corrected chi connectivity index (χ3v) is 10.1. The largest absolute Gasteiger partial charge is 0.377 e. The first-order chi connectivity index (χ1) is 18.8. The molecule has 2 aromatic heterocycles. The number of urea groups is 1. The molecular weight excluding hydrogens is 538 g/mol. The molecule has 6 rings (SSSR count). The van der Waals surface area contributed by atoms with E-state index < -0.39 is 10.0 Å². The van der Waals surface area contributed by atoms with Crippen molar-refractivity contribution in [2.24, 2.45) is 0 Å². The monoisotopic (exact) mass is 571 g/mol. The summed E-state index contributed by atoms with van der Waals surface area (Å²) >= 11 is 1.73. The quantitative estimate of drug-likeness (QED) is 0.463. The highest BCUT2D eigenvalue weighted by molar-refractivity contribution is 7.88. The third kappa shape index (κ3) is 5.46. The average molecular weight is 572 g/mol. The predicted octanol–water partition coefficient (Wildman–Crippen LogP) is 2.55. The minimum Gasteiger partial charge on any atom is -0.377 e. The van der Waals surface area contributed by atoms with E-state index >= 15 is 0 Å². The molecule has 208 valence electrons. The van der Waals surface area contributed by atoms with Gasteiger partial charge < -0.3 is 20.3 Å². The average Bonchev–Trinajstić information content (AvgIpc) is 3.44. The first-order valence-electron chi connectivity index (χ1n) is 13.2. The Labute approximate surface area is 232 Å². The fourth-order valence-electron chi connectivity index (χ4n) is 5.66. The van der Waals surface area contributed by atoms with E-state index in [0.717, 1.165) is 41.0 Å². The Kier molecular flexibility index (Phi) is 7.18. The highest BCUT2D eigenvalue weighted by atomic mass is 32.2. The normalized spacial score (nSPS) is 22.4. The SMILES string of the molecule is CNC(=O)Nc1ccc(-c2nc(N3C4CCC3COC4)c3sc(CN4CCN(S(C)(=O)=O)CC4)cc3n2)cc1. The smallest absolute Gasteiger partial charge is 0.318 e. The van der Waals surface area contributed by atoms with Gasteiger partial charge in [0, 0.05) is 55.9 Å². The number of hydrogen-bond donors (Lipinski definition) is 2. The van der Waals surface area contributed by atoms with Crippen molar-refractivity contribution in [2.45, 2.75) is 31.5 Å². The summed E-state index contributed by atoms with van der Waals surface area (Å²) in [5.74, 6) is 1.62. The summed E-state index contributed by atoms with van der Waals surface area (Å²) in [6.07, 6.45) is 3.46. The molecular formula is C26H33N7O4S2. The van der Waals surface area contributed by atoms with Crippen LogP contribution in [0.5, 0.6) is 0 Å². The number of ether oxygens (including phenoxy) is 1. The lowest BCUT2D eigenvalue weighted by molar-refractivity contribution is 0.0904. The fourth-order valence-corrected chi connectivity index (χ4v) is 7.61. The standard InChI is InChI=1S/C26H33N7O4S2/c1-27-26(34)28-18-5-3-17(4-6-18)24-29-22-13-21(14-31-9-11-32(12-10-31)39(2,35)36)38-23(22)25(30-24)33-19-7-8-20(33)16-37-15-19/h3-6,13,19-20H,7-12,14-16H2,1-2H3,(H2,27,28,34). The van der Waals surface area contributed by atoms with Gasteiger partial charge in [-0.05, 0) is 43.2 Å². The molecule has 0 aliphatic carbocycles. The molecule has 3 saturated heterocycles. The second-order valence-electron chi connectivity index (χ2n) is 10.3. The van der Waals surface area contributed by atoms with E-state index in [1.165, 1.54) is 11.1 Å². The van der Waals surface area contributed by atoms with E-state index in [-0.39, 0.29) is 6.03 Å². The van der Waals surface area contributed by atoms with Crippen LogP contribution in [0.15, 0.2) is 30.3 Å². The van der Waals surface area contributed by atoms with Gasteiger partial charge in [-0.25, -0.2) is 23.2 Å². The van der Waals surface area contributed by atoms with Gasteiger partial charge in [0.2, 0.25) is 10.0 Å². The van der Waals surface area contributed by atoms with Crippen LogP contribution in [-0.2, 0) is 21.3 Å². The summed E-state index contributed by atoms with van der Waals surface area (Å²) in [5, 5.41) is 5.34. The zero-order valence-electron chi connectivity index (χ0n) is 22.1. The van der Waals surface area contributed by atoms with E-state index in [2.05, 4.69) is 26.5 Å². The van der Waals surface area contributed by atoms with Gasteiger partial charge in [-0.2, -0.15) is 4.31 Å². The predicted molar refractivity (Wildman–Crippen MR) is 153 cm³/mol. The van der Waals surface area contributed by atoms with Gasteiger partial charge in [-0.1, -0.05) is 0 Å². The Morgan fingerprint density at radius 3 is 2.41 bits per heavy atom. The molecule has 3 aromatic rings. The Bertz CT molecular complexity index is 1450. The van der Waals surface area contributed by atoms with Crippen LogP contribution in [0, 0.1) is 0 Å². The number of nitrogens with one attached hydrogen (secondary N) is 2. The number of carbonyl (C=O) groups is 1. The number of anilines is 2. The van der Waals surface area contributed by atoms with Crippen LogP contribution >= 0.6 is 11.3 Å². The van der Waals surface area contributed by atoms with Crippen molar-refractivity contribution >= 4 is 49.1 Å². The van der Waals surface area contributed by atoms with Crippen LogP contribution in [0.2, 0.25) is 0 Å². The Morgan fingerprint density at radius 2 is 1.77 bits per heavy atom. The van der Waals surface area contributed by atoms with Crippen LogP contribution in [0.25, 0.3) is 21.6 Å². The Hall–Kier alpha value is -2.84. The summed E-state index contributed by atoms with van der Waals surface area (Å²) in [7, 11) is -1.57. The van der Waals surface area contributed by atoms with Crippen LogP contribution in [0.1, 0.15) is 17.7 Å². The molecule has 2 unspecified atom stereocenters. The number of carbonyl (C=O) groups excluding carboxylic acids is 1. The van der Waals surface area contributed by atoms with Gasteiger partial charge >= 0.3 is 6.03 Å². The molecule has 2 bridgehead atoms. The fraction of sp³-hybridized carbons (Fsp3) is 0.500. The number of rotatable bonds is 6. The number of aromatic nitrogens is 2. The van der Waals surface area contributed by atoms with Crippen LogP contribution in [0.3, 0.4) is 0 Å². The lowest BCUT2D eigenvalue weighted by Crippen LogP contribution is -2.47. The number of fused-ring (bicyclic) bond motifs is 3. The lowest BCUT2D eigenvalue weighted by Gasteiger charge is -2.36. The maximum absolute atomic E-state index is 11.9. The molecule has 0 radical (unpaired) electrons. The van der Waals surface area contributed by atoms with Crippen molar-refractivity contribution in [3.05, 3.63) is 35.2 Å². The van der Waals surface area contributed by atoms with Gasteiger partial charge in [-0.15, -0.1) is 11.3 Å². The molecule has 3 fully saturated rings. The number of thiophene rings is 1. The lowest BCUT2D eigenvalue weighted by atomic mass is 10.2. The second-order valence-corrected chi connectivity index (χ2v) is 13.5. The number of amides is 2. The molecule has 2 N–H and O–H groups in total. The van der Waals surface area contributed by atoms with E-state index in [1.807, 2.05) is 24.3 Å². The summed E-state index contributed by atoms with van der Waals surface area (Å²) in [4.78, 5) is 27.7. The molecule has 13 heteroatoms. The van der Waals surface area contributed by atoms with Crippen molar-refractivity contribution < 1.29 is 17.9 Å². The summed E-state index contributed by atoms with van der Waals surface area (Å²) < 4.78 is 32.3. The molecule has 11 nitrogen and oxygen atoms in total. The Morgan fingerprint density at radius 1 is 1.08 bits per heavy atom. The highest BCUT2D eigenvalue weighted by Gasteiger charge is 2.39. The maximum atomic E-state index is 11.9. The van der Waals surface area contributed by atoms with Crippen LogP contribution in [-0.4, -0.2) is 98.4 Å².